The molecule has 0 unspecified atom stereocenters. The molecular formula is C21H24FN3O2. The van der Waals surface area contributed by atoms with Crippen molar-refractivity contribution in [2.24, 2.45) is 0 Å². The quantitative estimate of drug-likeness (QED) is 0.667. The molecule has 27 heavy (non-hydrogen) atoms. The molecule has 5 nitrogen and oxygen atoms in total. The highest BCUT2D eigenvalue weighted by molar-refractivity contribution is 5.85. The normalized spacial score (nSPS) is 11.9. The van der Waals surface area contributed by atoms with Crippen molar-refractivity contribution in [3.8, 4) is 11.4 Å². The second kappa shape index (κ2) is 7.56. The molecule has 0 fully saturated rings. The number of fused-ring (bicyclic) bond motifs is 1. The van der Waals surface area contributed by atoms with Gasteiger partial charge in [-0.15, -0.1) is 0 Å². The lowest BCUT2D eigenvalue weighted by atomic mass is 10.0. The van der Waals surface area contributed by atoms with Gasteiger partial charge >= 0.3 is 0 Å². The number of hydrogen-bond acceptors (Lipinski definition) is 4. The van der Waals surface area contributed by atoms with E-state index in [2.05, 4.69) is 16.9 Å². The standard InChI is InChI=1S/C21H24FN3O2/c1-4-5-6-8-25-9-7-14-10-17(18(22)11-16(14)20(25)26)19-23-12-15(13-24-19)21(2,3)27/h7,9-13,27H,4-6,8H2,1-3H3. The molecule has 0 radical (unpaired) electrons. The Morgan fingerprint density at radius 3 is 2.52 bits per heavy atom. The first-order valence-corrected chi connectivity index (χ1v) is 9.19. The van der Waals surface area contributed by atoms with Gasteiger partial charge in [-0.3, -0.25) is 4.79 Å². The van der Waals surface area contributed by atoms with E-state index in [-0.39, 0.29) is 16.9 Å². The van der Waals surface area contributed by atoms with Crippen LogP contribution in [-0.2, 0) is 12.1 Å². The highest BCUT2D eigenvalue weighted by Crippen LogP contribution is 2.25. The van der Waals surface area contributed by atoms with Crippen LogP contribution in [0.1, 0.15) is 45.6 Å². The minimum atomic E-state index is -1.07. The average molecular weight is 369 g/mol. The van der Waals surface area contributed by atoms with E-state index in [0.29, 0.717) is 22.9 Å². The fourth-order valence-electron chi connectivity index (χ4n) is 2.97. The van der Waals surface area contributed by atoms with E-state index in [1.54, 1.807) is 30.7 Å². The van der Waals surface area contributed by atoms with Crippen LogP contribution in [0.25, 0.3) is 22.2 Å². The van der Waals surface area contributed by atoms with Crippen molar-refractivity contribution in [3.63, 3.8) is 0 Å². The maximum absolute atomic E-state index is 14.7. The Hall–Kier alpha value is -2.60. The molecule has 0 saturated heterocycles. The van der Waals surface area contributed by atoms with Gasteiger partial charge in [0.15, 0.2) is 5.82 Å². The van der Waals surface area contributed by atoms with Gasteiger partial charge in [-0.25, -0.2) is 14.4 Å². The number of unbranched alkanes of at least 4 members (excludes halogenated alkanes) is 2. The highest BCUT2D eigenvalue weighted by Gasteiger charge is 2.18. The summed E-state index contributed by atoms with van der Waals surface area (Å²) < 4.78 is 16.3. The van der Waals surface area contributed by atoms with Crippen LogP contribution >= 0.6 is 0 Å². The van der Waals surface area contributed by atoms with E-state index >= 15 is 0 Å². The Balaban J connectivity index is 2.00. The number of nitrogens with zero attached hydrogens (tertiary/aromatic N) is 3. The van der Waals surface area contributed by atoms with Crippen LogP contribution in [-0.4, -0.2) is 19.6 Å². The van der Waals surface area contributed by atoms with Gasteiger partial charge in [0.2, 0.25) is 0 Å². The summed E-state index contributed by atoms with van der Waals surface area (Å²) in [6, 6.07) is 4.68. The Labute approximate surface area is 157 Å². The number of pyridine rings is 1. The van der Waals surface area contributed by atoms with Crippen LogP contribution in [0.3, 0.4) is 0 Å². The van der Waals surface area contributed by atoms with Crippen LogP contribution in [0, 0.1) is 5.82 Å². The van der Waals surface area contributed by atoms with E-state index < -0.39 is 11.4 Å². The lowest BCUT2D eigenvalue weighted by Gasteiger charge is -2.16. The summed E-state index contributed by atoms with van der Waals surface area (Å²) in [5.41, 5.74) is -0.480. The largest absolute Gasteiger partial charge is 0.386 e. The third-order valence-corrected chi connectivity index (χ3v) is 4.67. The molecule has 6 heteroatoms. The second-order valence-corrected chi connectivity index (χ2v) is 7.30. The number of rotatable bonds is 6. The maximum Gasteiger partial charge on any atom is 0.258 e. The summed E-state index contributed by atoms with van der Waals surface area (Å²) in [6.45, 7) is 6.00. The van der Waals surface area contributed by atoms with Crippen LogP contribution < -0.4 is 5.56 Å². The number of aromatic nitrogens is 3. The molecule has 3 aromatic rings. The maximum atomic E-state index is 14.7. The predicted octanol–water partition coefficient (Wildman–Crippen LogP) is 4.02. The van der Waals surface area contributed by atoms with E-state index in [1.807, 2.05) is 6.07 Å². The Morgan fingerprint density at radius 1 is 1.19 bits per heavy atom. The second-order valence-electron chi connectivity index (χ2n) is 7.30. The summed E-state index contributed by atoms with van der Waals surface area (Å²) in [5, 5.41) is 11.0. The molecule has 0 atom stereocenters. The van der Waals surface area contributed by atoms with Gasteiger partial charge in [0, 0.05) is 30.7 Å². The van der Waals surface area contributed by atoms with Crippen molar-refractivity contribution in [2.75, 3.05) is 0 Å². The SMILES string of the molecule is CCCCCn1ccc2cc(-c3ncc(C(C)(C)O)cn3)c(F)cc2c1=O. The summed E-state index contributed by atoms with van der Waals surface area (Å²) in [7, 11) is 0. The number of halogens is 1. The number of aryl methyl sites for hydroxylation is 1. The van der Waals surface area contributed by atoms with Crippen molar-refractivity contribution in [1.29, 1.82) is 0 Å². The highest BCUT2D eigenvalue weighted by atomic mass is 19.1. The molecule has 0 bridgehead atoms. The Kier molecular flexibility index (Phi) is 5.37. The predicted molar refractivity (Wildman–Crippen MR) is 104 cm³/mol. The van der Waals surface area contributed by atoms with Gasteiger partial charge in [-0.05, 0) is 43.9 Å². The molecule has 2 heterocycles. The molecule has 0 amide bonds. The van der Waals surface area contributed by atoms with Gasteiger partial charge < -0.3 is 9.67 Å². The fourth-order valence-corrected chi connectivity index (χ4v) is 2.97. The van der Waals surface area contributed by atoms with Crippen LogP contribution in [0.15, 0.2) is 41.6 Å². The van der Waals surface area contributed by atoms with E-state index in [4.69, 9.17) is 0 Å². The molecule has 0 aliphatic heterocycles. The van der Waals surface area contributed by atoms with E-state index in [0.717, 1.165) is 19.3 Å². The van der Waals surface area contributed by atoms with Crippen molar-refractivity contribution < 1.29 is 9.50 Å². The zero-order valence-corrected chi connectivity index (χ0v) is 15.9. The average Bonchev–Trinajstić information content (AvgIpc) is 2.63. The van der Waals surface area contributed by atoms with Gasteiger partial charge in [0.1, 0.15) is 5.82 Å². The zero-order chi connectivity index (χ0) is 19.6. The van der Waals surface area contributed by atoms with E-state index in [9.17, 15) is 14.3 Å². The first kappa shape index (κ1) is 19.2. The summed E-state index contributed by atoms with van der Waals surface area (Å²) in [4.78, 5) is 21.0. The molecule has 2 aromatic heterocycles. The van der Waals surface area contributed by atoms with Crippen molar-refractivity contribution in [1.82, 2.24) is 14.5 Å². The summed E-state index contributed by atoms with van der Waals surface area (Å²) in [5.74, 6) is -0.323. The van der Waals surface area contributed by atoms with Gasteiger partial charge in [-0.1, -0.05) is 19.8 Å². The van der Waals surface area contributed by atoms with Crippen molar-refractivity contribution >= 4 is 10.8 Å². The number of aliphatic hydroxyl groups is 1. The van der Waals surface area contributed by atoms with Crippen molar-refractivity contribution in [3.05, 3.63) is 58.5 Å². The minimum Gasteiger partial charge on any atom is -0.386 e. The molecule has 0 saturated carbocycles. The molecule has 0 aliphatic rings. The summed E-state index contributed by atoms with van der Waals surface area (Å²) in [6.07, 6.45) is 7.77. The Bertz CT molecular complexity index is 1000. The molecule has 1 N–H and O–H groups in total. The molecule has 3 rings (SSSR count). The molecule has 0 spiro atoms. The zero-order valence-electron chi connectivity index (χ0n) is 15.9. The van der Waals surface area contributed by atoms with Gasteiger partial charge in [-0.2, -0.15) is 0 Å². The molecule has 0 aliphatic carbocycles. The summed E-state index contributed by atoms with van der Waals surface area (Å²) >= 11 is 0. The minimum absolute atomic E-state index is 0.188. The monoisotopic (exact) mass is 369 g/mol. The third-order valence-electron chi connectivity index (χ3n) is 4.67. The van der Waals surface area contributed by atoms with Gasteiger partial charge in [0.05, 0.1) is 16.6 Å². The molecular weight excluding hydrogens is 345 g/mol. The van der Waals surface area contributed by atoms with E-state index in [1.165, 1.54) is 18.5 Å². The number of hydrogen-bond donors (Lipinski definition) is 1. The van der Waals surface area contributed by atoms with Crippen LogP contribution in [0.2, 0.25) is 0 Å². The smallest absolute Gasteiger partial charge is 0.258 e. The fraction of sp³-hybridized carbons (Fsp3) is 0.381. The topological polar surface area (TPSA) is 68.0 Å². The Morgan fingerprint density at radius 2 is 1.89 bits per heavy atom. The first-order valence-electron chi connectivity index (χ1n) is 9.19. The lowest BCUT2D eigenvalue weighted by molar-refractivity contribution is 0.0778. The third kappa shape index (κ3) is 4.06. The van der Waals surface area contributed by atoms with Gasteiger partial charge in [0.25, 0.3) is 5.56 Å². The molecule has 142 valence electrons. The number of benzene rings is 1. The molecule has 1 aromatic carbocycles. The van der Waals surface area contributed by atoms with Crippen LogP contribution in [0.5, 0.6) is 0 Å². The lowest BCUT2D eigenvalue weighted by Crippen LogP contribution is -2.19. The first-order chi connectivity index (χ1) is 12.8. The van der Waals surface area contributed by atoms with Crippen LogP contribution in [0.4, 0.5) is 4.39 Å². The van der Waals surface area contributed by atoms with Crippen molar-refractivity contribution in [2.45, 2.75) is 52.2 Å².